The SMILES string of the molecule is CC(Cc1nncn1C)c1cccc(N2Cc3c(ccnc3C(C)(C)O)C2=O)c1. The highest BCUT2D eigenvalue weighted by Gasteiger charge is 2.34. The molecule has 1 aliphatic rings. The maximum absolute atomic E-state index is 13.1. The second-order valence-corrected chi connectivity index (χ2v) is 8.19. The van der Waals surface area contributed by atoms with Crippen molar-refractivity contribution in [2.24, 2.45) is 7.05 Å². The van der Waals surface area contributed by atoms with Crippen LogP contribution in [-0.2, 0) is 25.6 Å². The van der Waals surface area contributed by atoms with E-state index in [0.717, 1.165) is 29.1 Å². The maximum Gasteiger partial charge on any atom is 0.259 e. The number of carbonyl (C=O) groups is 1. The molecule has 1 unspecified atom stereocenters. The van der Waals surface area contributed by atoms with E-state index in [1.54, 1.807) is 37.3 Å². The van der Waals surface area contributed by atoms with Crippen LogP contribution in [0.1, 0.15) is 59.7 Å². The van der Waals surface area contributed by atoms with Crippen molar-refractivity contribution >= 4 is 11.6 Å². The van der Waals surface area contributed by atoms with Crippen LogP contribution in [0.5, 0.6) is 0 Å². The van der Waals surface area contributed by atoms with Gasteiger partial charge in [-0.1, -0.05) is 19.1 Å². The number of nitrogens with zero attached hydrogens (tertiary/aromatic N) is 5. The highest BCUT2D eigenvalue weighted by Crippen LogP contribution is 2.34. The number of aliphatic hydroxyl groups is 1. The predicted molar refractivity (Wildman–Crippen MR) is 110 cm³/mol. The lowest BCUT2D eigenvalue weighted by Gasteiger charge is -2.21. The van der Waals surface area contributed by atoms with Crippen molar-refractivity contribution < 1.29 is 9.90 Å². The molecule has 0 bridgehead atoms. The predicted octanol–water partition coefficient (Wildman–Crippen LogP) is 2.94. The smallest absolute Gasteiger partial charge is 0.259 e. The fraction of sp³-hybridized carbons (Fsp3) is 0.364. The van der Waals surface area contributed by atoms with E-state index >= 15 is 0 Å². The third-order valence-electron chi connectivity index (χ3n) is 5.47. The Morgan fingerprint density at radius 2 is 2.07 bits per heavy atom. The zero-order chi connectivity index (χ0) is 20.8. The minimum Gasteiger partial charge on any atom is -0.384 e. The van der Waals surface area contributed by atoms with E-state index < -0.39 is 5.60 Å². The molecule has 0 spiro atoms. The third-order valence-corrected chi connectivity index (χ3v) is 5.47. The number of rotatable bonds is 5. The van der Waals surface area contributed by atoms with Gasteiger partial charge >= 0.3 is 0 Å². The van der Waals surface area contributed by atoms with Gasteiger partial charge in [0.1, 0.15) is 17.8 Å². The van der Waals surface area contributed by atoms with Gasteiger partial charge in [0.05, 0.1) is 12.2 Å². The van der Waals surface area contributed by atoms with Gasteiger partial charge in [0, 0.05) is 36.5 Å². The first-order valence-electron chi connectivity index (χ1n) is 9.71. The lowest BCUT2D eigenvalue weighted by molar-refractivity contribution is 0.0729. The Morgan fingerprint density at radius 1 is 1.28 bits per heavy atom. The first-order valence-corrected chi connectivity index (χ1v) is 9.71. The lowest BCUT2D eigenvalue weighted by Crippen LogP contribution is -2.23. The summed E-state index contributed by atoms with van der Waals surface area (Å²) in [4.78, 5) is 19.1. The van der Waals surface area contributed by atoms with Gasteiger partial charge in [0.25, 0.3) is 5.91 Å². The third kappa shape index (κ3) is 3.53. The average Bonchev–Trinajstić information content (AvgIpc) is 3.24. The second-order valence-electron chi connectivity index (χ2n) is 8.19. The van der Waals surface area contributed by atoms with Crippen LogP contribution in [0.2, 0.25) is 0 Å². The molecule has 150 valence electrons. The van der Waals surface area contributed by atoms with Crippen molar-refractivity contribution in [3.8, 4) is 0 Å². The molecule has 0 fully saturated rings. The van der Waals surface area contributed by atoms with Crippen molar-refractivity contribution in [1.29, 1.82) is 0 Å². The average molecular weight is 391 g/mol. The summed E-state index contributed by atoms with van der Waals surface area (Å²) in [7, 11) is 1.94. The number of amides is 1. The summed E-state index contributed by atoms with van der Waals surface area (Å²) in [6, 6.07) is 9.78. The zero-order valence-corrected chi connectivity index (χ0v) is 17.1. The summed E-state index contributed by atoms with van der Waals surface area (Å²) in [6.07, 6.45) is 4.06. The van der Waals surface area contributed by atoms with Crippen LogP contribution >= 0.6 is 0 Å². The molecule has 0 radical (unpaired) electrons. The number of anilines is 1. The van der Waals surface area contributed by atoms with Crippen LogP contribution in [0, 0.1) is 0 Å². The number of benzene rings is 1. The van der Waals surface area contributed by atoms with Crippen LogP contribution in [0.4, 0.5) is 5.69 Å². The molecule has 7 nitrogen and oxygen atoms in total. The molecule has 1 aromatic carbocycles. The Morgan fingerprint density at radius 3 is 2.76 bits per heavy atom. The van der Waals surface area contributed by atoms with Crippen molar-refractivity contribution in [3.63, 3.8) is 0 Å². The summed E-state index contributed by atoms with van der Waals surface area (Å²) in [5.74, 6) is 1.09. The van der Waals surface area contributed by atoms with Crippen molar-refractivity contribution in [2.75, 3.05) is 4.90 Å². The van der Waals surface area contributed by atoms with Gasteiger partial charge in [-0.25, -0.2) is 0 Å². The summed E-state index contributed by atoms with van der Waals surface area (Å²) in [6.45, 7) is 5.93. The Kier molecular flexibility index (Phi) is 4.70. The molecule has 0 saturated carbocycles. The topological polar surface area (TPSA) is 84.1 Å². The fourth-order valence-electron chi connectivity index (χ4n) is 3.85. The number of carbonyl (C=O) groups excluding carboxylic acids is 1. The van der Waals surface area contributed by atoms with E-state index in [2.05, 4.69) is 34.2 Å². The summed E-state index contributed by atoms with van der Waals surface area (Å²) in [5, 5.41) is 18.6. The zero-order valence-electron chi connectivity index (χ0n) is 17.1. The second kappa shape index (κ2) is 7.08. The van der Waals surface area contributed by atoms with E-state index in [1.165, 1.54) is 0 Å². The lowest BCUT2D eigenvalue weighted by atomic mass is 9.96. The van der Waals surface area contributed by atoms with Gasteiger partial charge in [-0.05, 0) is 43.5 Å². The molecule has 7 heteroatoms. The molecule has 3 heterocycles. The van der Waals surface area contributed by atoms with Gasteiger partial charge in [-0.2, -0.15) is 0 Å². The first-order chi connectivity index (χ1) is 13.8. The maximum atomic E-state index is 13.1. The Hall–Kier alpha value is -3.06. The Bertz CT molecular complexity index is 1070. The van der Waals surface area contributed by atoms with Crippen LogP contribution in [0.15, 0.2) is 42.9 Å². The van der Waals surface area contributed by atoms with Crippen molar-refractivity contribution in [3.05, 3.63) is 71.1 Å². The molecular weight excluding hydrogens is 366 g/mol. The molecule has 1 N–H and O–H groups in total. The minimum absolute atomic E-state index is 0.0639. The number of hydrogen-bond donors (Lipinski definition) is 1. The Labute approximate surface area is 170 Å². The fourth-order valence-corrected chi connectivity index (χ4v) is 3.85. The van der Waals surface area contributed by atoms with Crippen molar-refractivity contribution in [1.82, 2.24) is 19.7 Å². The molecule has 1 atom stereocenters. The van der Waals surface area contributed by atoms with Crippen molar-refractivity contribution in [2.45, 2.75) is 45.3 Å². The molecule has 0 saturated heterocycles. The Balaban J connectivity index is 1.62. The molecule has 2 aromatic heterocycles. The van der Waals surface area contributed by atoms with E-state index in [4.69, 9.17) is 0 Å². The number of fused-ring (bicyclic) bond motifs is 1. The van der Waals surface area contributed by atoms with Crippen LogP contribution in [-0.4, -0.2) is 30.8 Å². The molecule has 3 aromatic rings. The van der Waals surface area contributed by atoms with Gasteiger partial charge in [-0.15, -0.1) is 10.2 Å². The van der Waals surface area contributed by atoms with Crippen LogP contribution in [0.3, 0.4) is 0 Å². The van der Waals surface area contributed by atoms with E-state index in [0.29, 0.717) is 17.8 Å². The van der Waals surface area contributed by atoms with E-state index in [-0.39, 0.29) is 11.8 Å². The number of aromatic nitrogens is 4. The van der Waals surface area contributed by atoms with Gasteiger partial charge < -0.3 is 14.6 Å². The van der Waals surface area contributed by atoms with Crippen LogP contribution < -0.4 is 4.90 Å². The quantitative estimate of drug-likeness (QED) is 0.723. The highest BCUT2D eigenvalue weighted by molar-refractivity contribution is 6.10. The first kappa shape index (κ1) is 19.3. The summed E-state index contributed by atoms with van der Waals surface area (Å²) >= 11 is 0. The molecule has 1 amide bonds. The standard InChI is InChI=1S/C22H25N5O2/c1-14(10-19-25-24-13-26(19)4)15-6-5-7-16(11-15)27-12-18-17(21(27)28)8-9-23-20(18)22(2,3)29/h5-9,11,13-14,29H,10,12H2,1-4H3. The van der Waals surface area contributed by atoms with E-state index in [1.807, 2.05) is 23.7 Å². The largest absolute Gasteiger partial charge is 0.384 e. The number of pyridine rings is 1. The monoisotopic (exact) mass is 391 g/mol. The molecule has 0 aliphatic carbocycles. The van der Waals surface area contributed by atoms with Crippen LogP contribution in [0.25, 0.3) is 0 Å². The molecule has 29 heavy (non-hydrogen) atoms. The normalized spacial score (nSPS) is 14.9. The summed E-state index contributed by atoms with van der Waals surface area (Å²) < 4.78 is 1.92. The molecule has 4 rings (SSSR count). The van der Waals surface area contributed by atoms with Gasteiger partial charge in [0.2, 0.25) is 0 Å². The summed E-state index contributed by atoms with van der Waals surface area (Å²) in [5.41, 5.74) is 2.83. The van der Waals surface area contributed by atoms with E-state index in [9.17, 15) is 9.90 Å². The van der Waals surface area contributed by atoms with Gasteiger partial charge in [-0.3, -0.25) is 9.78 Å². The minimum atomic E-state index is -1.10. The number of aryl methyl sites for hydroxylation is 1. The molecular formula is C22H25N5O2. The van der Waals surface area contributed by atoms with Gasteiger partial charge in [0.15, 0.2) is 0 Å². The number of hydrogen-bond acceptors (Lipinski definition) is 5. The highest BCUT2D eigenvalue weighted by atomic mass is 16.3. The molecule has 1 aliphatic heterocycles.